The first-order chi connectivity index (χ1) is 19.1. The number of halogens is 2. The SMILES string of the molecule is O=C(NNC(=O)[C@H](Cc1ccccc1)NC(=O)c1cccs1)c1ccc(Cl)c(S(=O)(=O)Nc2ccc(Cl)cc2)c1. The van der Waals surface area contributed by atoms with Gasteiger partial charge in [-0.05, 0) is 59.5 Å². The van der Waals surface area contributed by atoms with E-state index >= 15 is 0 Å². The summed E-state index contributed by atoms with van der Waals surface area (Å²) in [6.45, 7) is 0. The first kappa shape index (κ1) is 29.1. The van der Waals surface area contributed by atoms with Crippen molar-refractivity contribution in [1.29, 1.82) is 0 Å². The van der Waals surface area contributed by atoms with Gasteiger partial charge in [0.15, 0.2) is 0 Å². The van der Waals surface area contributed by atoms with Crippen molar-refractivity contribution in [2.75, 3.05) is 4.72 Å². The number of carbonyl (C=O) groups is 3. The number of nitrogens with one attached hydrogen (secondary N) is 4. The third kappa shape index (κ3) is 7.60. The summed E-state index contributed by atoms with van der Waals surface area (Å²) >= 11 is 13.2. The molecule has 4 aromatic rings. The largest absolute Gasteiger partial charge is 0.339 e. The van der Waals surface area contributed by atoms with Gasteiger partial charge in [0, 0.05) is 22.7 Å². The fraction of sp³-hybridized carbons (Fsp3) is 0.0741. The van der Waals surface area contributed by atoms with Gasteiger partial charge in [-0.15, -0.1) is 11.3 Å². The lowest BCUT2D eigenvalue weighted by atomic mass is 10.1. The Morgan fingerprint density at radius 2 is 1.55 bits per heavy atom. The van der Waals surface area contributed by atoms with Crippen molar-refractivity contribution in [1.82, 2.24) is 16.2 Å². The number of hydrogen-bond acceptors (Lipinski definition) is 6. The predicted molar refractivity (Wildman–Crippen MR) is 155 cm³/mol. The molecule has 13 heteroatoms. The number of rotatable bonds is 9. The normalized spacial score (nSPS) is 11.8. The Hall–Kier alpha value is -3.90. The van der Waals surface area contributed by atoms with Gasteiger partial charge in [0.25, 0.3) is 27.7 Å². The van der Waals surface area contributed by atoms with Gasteiger partial charge in [0.2, 0.25) is 0 Å². The first-order valence-electron chi connectivity index (χ1n) is 11.7. The van der Waals surface area contributed by atoms with Crippen LogP contribution in [-0.4, -0.2) is 32.2 Å². The smallest absolute Gasteiger partial charge is 0.269 e. The van der Waals surface area contributed by atoms with Crippen LogP contribution in [-0.2, 0) is 21.2 Å². The second kappa shape index (κ2) is 13.0. The molecule has 0 saturated heterocycles. The maximum absolute atomic E-state index is 13.0. The minimum Gasteiger partial charge on any atom is -0.339 e. The van der Waals surface area contributed by atoms with E-state index in [4.69, 9.17) is 23.2 Å². The van der Waals surface area contributed by atoms with E-state index in [1.807, 2.05) is 18.2 Å². The highest BCUT2D eigenvalue weighted by Crippen LogP contribution is 2.25. The molecule has 0 radical (unpaired) electrons. The highest BCUT2D eigenvalue weighted by atomic mass is 35.5. The fourth-order valence-electron chi connectivity index (χ4n) is 3.55. The van der Waals surface area contributed by atoms with E-state index in [1.54, 1.807) is 29.6 Å². The number of amides is 3. The van der Waals surface area contributed by atoms with Crippen LogP contribution in [0.25, 0.3) is 0 Å². The Balaban J connectivity index is 1.46. The molecule has 3 aromatic carbocycles. The molecule has 3 amide bonds. The molecule has 9 nitrogen and oxygen atoms in total. The number of carbonyl (C=O) groups excluding carboxylic acids is 3. The van der Waals surface area contributed by atoms with Gasteiger partial charge in [-0.25, -0.2) is 8.42 Å². The van der Waals surface area contributed by atoms with Crippen LogP contribution in [0.15, 0.2) is 95.2 Å². The van der Waals surface area contributed by atoms with E-state index in [0.717, 1.165) is 11.6 Å². The molecule has 0 fully saturated rings. The highest BCUT2D eigenvalue weighted by molar-refractivity contribution is 7.92. The third-order valence-electron chi connectivity index (χ3n) is 5.53. The number of anilines is 1. The van der Waals surface area contributed by atoms with Crippen molar-refractivity contribution >= 4 is 68.0 Å². The minimum absolute atomic E-state index is 0.0802. The van der Waals surface area contributed by atoms with E-state index in [1.165, 1.54) is 47.7 Å². The Kier molecular flexibility index (Phi) is 9.43. The molecule has 4 rings (SSSR count). The Morgan fingerprint density at radius 3 is 2.23 bits per heavy atom. The van der Waals surface area contributed by atoms with Gasteiger partial charge in [-0.3, -0.25) is 30.0 Å². The van der Waals surface area contributed by atoms with Crippen molar-refractivity contribution in [3.05, 3.63) is 116 Å². The Bertz CT molecular complexity index is 1610. The maximum atomic E-state index is 13.0. The van der Waals surface area contributed by atoms with Crippen molar-refractivity contribution in [3.63, 3.8) is 0 Å². The van der Waals surface area contributed by atoms with E-state index in [0.29, 0.717) is 9.90 Å². The molecule has 206 valence electrons. The molecule has 0 aliphatic carbocycles. The molecule has 0 aliphatic rings. The van der Waals surface area contributed by atoms with Crippen molar-refractivity contribution in [3.8, 4) is 0 Å². The van der Waals surface area contributed by atoms with Gasteiger partial charge >= 0.3 is 0 Å². The highest BCUT2D eigenvalue weighted by Gasteiger charge is 2.24. The van der Waals surface area contributed by atoms with E-state index < -0.39 is 33.8 Å². The summed E-state index contributed by atoms with van der Waals surface area (Å²) in [5.41, 5.74) is 5.54. The number of hydrazine groups is 1. The second-order valence-electron chi connectivity index (χ2n) is 8.39. The van der Waals surface area contributed by atoms with Crippen LogP contribution in [0.2, 0.25) is 10.0 Å². The lowest BCUT2D eigenvalue weighted by molar-refractivity contribution is -0.123. The number of benzene rings is 3. The van der Waals surface area contributed by atoms with E-state index in [-0.39, 0.29) is 27.6 Å². The molecule has 1 aromatic heterocycles. The van der Waals surface area contributed by atoms with Crippen LogP contribution >= 0.6 is 34.5 Å². The Morgan fingerprint density at radius 1 is 0.825 bits per heavy atom. The molecule has 0 unspecified atom stereocenters. The topological polar surface area (TPSA) is 133 Å². The average Bonchev–Trinajstić information content (AvgIpc) is 3.48. The number of sulfonamides is 1. The fourth-order valence-corrected chi connectivity index (χ4v) is 5.89. The summed E-state index contributed by atoms with van der Waals surface area (Å²) < 4.78 is 28.3. The van der Waals surface area contributed by atoms with Crippen molar-refractivity contribution < 1.29 is 22.8 Å². The summed E-state index contributed by atoms with van der Waals surface area (Å²) in [4.78, 5) is 38.6. The van der Waals surface area contributed by atoms with E-state index in [2.05, 4.69) is 20.9 Å². The molecule has 0 spiro atoms. The maximum Gasteiger partial charge on any atom is 0.269 e. The summed E-state index contributed by atoms with van der Waals surface area (Å²) in [7, 11) is -4.17. The lowest BCUT2D eigenvalue weighted by Crippen LogP contribution is -2.53. The molecular weight excluding hydrogens is 595 g/mol. The monoisotopic (exact) mass is 616 g/mol. The van der Waals surface area contributed by atoms with Crippen LogP contribution in [0.4, 0.5) is 5.69 Å². The number of thiophene rings is 1. The van der Waals surface area contributed by atoms with Crippen LogP contribution in [0, 0.1) is 0 Å². The van der Waals surface area contributed by atoms with Gasteiger partial charge in [0.05, 0.1) is 9.90 Å². The molecule has 1 atom stereocenters. The second-order valence-corrected chi connectivity index (χ2v) is 11.8. The van der Waals surface area contributed by atoms with Crippen LogP contribution in [0.1, 0.15) is 25.6 Å². The van der Waals surface area contributed by atoms with Crippen LogP contribution in [0.3, 0.4) is 0 Å². The predicted octanol–water partition coefficient (Wildman–Crippen LogP) is 4.66. The standard InChI is InChI=1S/C27H22Cl2N4O5S2/c28-19-9-11-20(12-10-19)33-40(37,38)24-16-18(8-13-21(24)29)25(34)31-32-26(35)22(15-17-5-2-1-3-6-17)30-27(36)23-7-4-14-39-23/h1-14,16,22,33H,15H2,(H,30,36)(H,31,34)(H,32,35)/t22-/m0/s1. The summed E-state index contributed by atoms with van der Waals surface area (Å²) in [6.07, 6.45) is 0.166. The molecule has 1 heterocycles. The third-order valence-corrected chi connectivity index (χ3v) is 8.51. The zero-order valence-corrected chi connectivity index (χ0v) is 23.7. The van der Waals surface area contributed by atoms with Crippen LogP contribution < -0.4 is 20.9 Å². The molecule has 0 saturated carbocycles. The molecular formula is C27H22Cl2N4O5S2. The zero-order chi connectivity index (χ0) is 28.7. The van der Waals surface area contributed by atoms with Gasteiger partial charge in [-0.2, -0.15) is 0 Å². The number of hydrogen-bond donors (Lipinski definition) is 4. The first-order valence-corrected chi connectivity index (χ1v) is 14.8. The molecule has 0 aliphatic heterocycles. The Labute approximate surface area is 244 Å². The molecule has 4 N–H and O–H groups in total. The summed E-state index contributed by atoms with van der Waals surface area (Å²) in [5.74, 6) is -1.90. The van der Waals surface area contributed by atoms with E-state index in [9.17, 15) is 22.8 Å². The van der Waals surface area contributed by atoms with Crippen molar-refractivity contribution in [2.45, 2.75) is 17.4 Å². The van der Waals surface area contributed by atoms with Gasteiger partial charge < -0.3 is 5.32 Å². The summed E-state index contributed by atoms with van der Waals surface area (Å²) in [6, 6.07) is 21.0. The molecule has 0 bridgehead atoms. The van der Waals surface area contributed by atoms with Crippen LogP contribution in [0.5, 0.6) is 0 Å². The zero-order valence-electron chi connectivity index (χ0n) is 20.6. The average molecular weight is 618 g/mol. The van der Waals surface area contributed by atoms with Gasteiger partial charge in [-0.1, -0.05) is 59.6 Å². The van der Waals surface area contributed by atoms with Gasteiger partial charge in [0.1, 0.15) is 10.9 Å². The molecule has 40 heavy (non-hydrogen) atoms. The minimum atomic E-state index is -4.17. The van der Waals surface area contributed by atoms with Crippen molar-refractivity contribution in [2.24, 2.45) is 0 Å². The summed E-state index contributed by atoms with van der Waals surface area (Å²) in [5, 5.41) is 4.75. The lowest BCUT2D eigenvalue weighted by Gasteiger charge is -2.19. The quantitative estimate of drug-likeness (QED) is 0.203.